The van der Waals surface area contributed by atoms with Crippen molar-refractivity contribution in [3.8, 4) is 0 Å². The average Bonchev–Trinajstić information content (AvgIpc) is 4.24. The summed E-state index contributed by atoms with van der Waals surface area (Å²) in [6, 6.07) is 1.50. The summed E-state index contributed by atoms with van der Waals surface area (Å²) in [4.78, 5) is 121. The lowest BCUT2D eigenvalue weighted by atomic mass is 10.3. The lowest BCUT2D eigenvalue weighted by Crippen LogP contribution is -2.44. The van der Waals surface area contributed by atoms with Crippen molar-refractivity contribution in [2.45, 2.75) is 19.3 Å². The van der Waals surface area contributed by atoms with E-state index in [2.05, 4.69) is 72.7 Å². The molecule has 1 saturated heterocycles. The molecule has 5 aromatic heterocycles. The normalized spacial score (nSPS) is 12.4. The fraction of sp³-hybridized carbons (Fsp3) is 0.489. The van der Waals surface area contributed by atoms with E-state index in [1.807, 2.05) is 0 Å². The number of hydrogen-bond donors (Lipinski definition) is 9. The Balaban J connectivity index is 0.813. The first-order valence-corrected chi connectivity index (χ1v) is 24.8. The molecule has 0 radical (unpaired) electrons. The maximum Gasteiger partial charge on any atom is 0.292 e. The zero-order valence-electron chi connectivity index (χ0n) is 43.7. The molecule has 0 bridgehead atoms. The molecule has 77 heavy (non-hydrogen) atoms. The van der Waals surface area contributed by atoms with Gasteiger partial charge in [0.15, 0.2) is 23.3 Å². The summed E-state index contributed by atoms with van der Waals surface area (Å²) in [5.41, 5.74) is 0.629. The number of aryl methyl sites for hydroxylation is 5. The van der Waals surface area contributed by atoms with Crippen LogP contribution in [0.5, 0.6) is 0 Å². The summed E-state index contributed by atoms with van der Waals surface area (Å²) in [7, 11) is 7.97. The Bertz CT molecular complexity index is 2840. The molecule has 0 aromatic carbocycles. The zero-order valence-corrected chi connectivity index (χ0v) is 43.7. The summed E-state index contributed by atoms with van der Waals surface area (Å²) in [5, 5.41) is 24.4. The van der Waals surface area contributed by atoms with Crippen LogP contribution in [0.2, 0.25) is 0 Å². The van der Waals surface area contributed by atoms with Gasteiger partial charge in [-0.05, 0) is 6.07 Å². The van der Waals surface area contributed by atoms with Crippen molar-refractivity contribution in [3.63, 3.8) is 0 Å². The number of aromatic nitrogens is 9. The van der Waals surface area contributed by atoms with E-state index in [0.717, 1.165) is 32.7 Å². The molecule has 0 spiro atoms. The van der Waals surface area contributed by atoms with Crippen LogP contribution in [0.3, 0.4) is 0 Å². The van der Waals surface area contributed by atoms with Crippen LogP contribution in [0.4, 0.5) is 23.1 Å². The second-order valence-electron chi connectivity index (χ2n) is 17.6. The lowest BCUT2D eigenvalue weighted by molar-refractivity contribution is -0.121. The highest BCUT2D eigenvalue weighted by molar-refractivity contribution is 6.04. The summed E-state index contributed by atoms with van der Waals surface area (Å²) < 4.78 is 23.9. The van der Waals surface area contributed by atoms with Gasteiger partial charge in [0, 0.05) is 151 Å². The third-order valence-electron chi connectivity index (χ3n) is 11.5. The number of carbonyl (C=O) groups is 8. The van der Waals surface area contributed by atoms with Crippen molar-refractivity contribution in [3.05, 3.63) is 72.2 Å². The summed E-state index contributed by atoms with van der Waals surface area (Å²) >= 11 is 0. The highest BCUT2D eigenvalue weighted by atomic mass is 16.5. The number of anilines is 4. The Labute approximate surface area is 442 Å². The number of hydrogen-bond acceptors (Lipinski definition) is 17. The predicted octanol–water partition coefficient (Wildman–Crippen LogP) is -1.83. The van der Waals surface area contributed by atoms with Gasteiger partial charge in [-0.15, -0.1) is 0 Å². The molecule has 6 rings (SSSR count). The number of imidazole rings is 4. The molecule has 30 nitrogen and oxygen atoms in total. The molecule has 1 aliphatic heterocycles. The Hall–Kier alpha value is -8.32. The molecule has 416 valence electrons. The van der Waals surface area contributed by atoms with Gasteiger partial charge in [-0.3, -0.25) is 43.3 Å². The lowest BCUT2D eigenvalue weighted by Gasteiger charge is -2.26. The quantitative estimate of drug-likeness (QED) is 0.0229. The van der Waals surface area contributed by atoms with Gasteiger partial charge in [-0.2, -0.15) is 0 Å². The van der Waals surface area contributed by atoms with Crippen LogP contribution in [0, 0.1) is 0 Å². The van der Waals surface area contributed by atoms with Crippen LogP contribution in [-0.4, -0.2) is 193 Å². The molecule has 8 amide bonds. The SMILES string of the molecule is Cn1cc(NC(=O)c2nccn2C)cc1C(=O)NCCC(=O)Nc1cn(C)c(C(=O)Nc2cn(C)c(C(=O)NCCC(=O)Nc3cn(C)c(C(=O)NCCC(=O)NCCOCCOCCOCCN4CCNCC4)n3)n2)n1. The van der Waals surface area contributed by atoms with E-state index >= 15 is 0 Å². The monoisotopic (exact) mass is 1070 g/mol. The fourth-order valence-electron chi connectivity index (χ4n) is 7.56. The van der Waals surface area contributed by atoms with Crippen molar-refractivity contribution >= 4 is 70.4 Å². The van der Waals surface area contributed by atoms with Crippen molar-refractivity contribution in [2.75, 3.05) is 120 Å². The number of amides is 8. The van der Waals surface area contributed by atoms with E-state index in [1.165, 1.54) is 56.2 Å². The Morgan fingerprint density at radius 3 is 1.52 bits per heavy atom. The van der Waals surface area contributed by atoms with E-state index in [1.54, 1.807) is 45.2 Å². The van der Waals surface area contributed by atoms with Gasteiger partial charge in [-0.25, -0.2) is 19.9 Å². The van der Waals surface area contributed by atoms with Crippen molar-refractivity contribution in [2.24, 2.45) is 35.2 Å². The highest BCUT2D eigenvalue weighted by Gasteiger charge is 2.22. The average molecular weight is 1070 g/mol. The van der Waals surface area contributed by atoms with Crippen LogP contribution in [0.1, 0.15) is 72.2 Å². The number of nitrogens with one attached hydrogen (secondary N) is 9. The molecule has 0 saturated carbocycles. The Morgan fingerprint density at radius 2 is 0.974 bits per heavy atom. The molecule has 6 heterocycles. The minimum absolute atomic E-state index is 0.00152. The van der Waals surface area contributed by atoms with Crippen LogP contribution < -0.4 is 47.9 Å². The molecule has 0 aliphatic carbocycles. The molecule has 0 unspecified atom stereocenters. The smallest absolute Gasteiger partial charge is 0.292 e. The molecular weight excluding hydrogens is 1010 g/mol. The summed E-state index contributed by atoms with van der Waals surface area (Å²) in [6.45, 7) is 8.02. The maximum atomic E-state index is 13.2. The molecule has 1 aliphatic rings. The van der Waals surface area contributed by atoms with Gasteiger partial charge < -0.3 is 84.9 Å². The van der Waals surface area contributed by atoms with Crippen LogP contribution in [0.25, 0.3) is 0 Å². The summed E-state index contributed by atoms with van der Waals surface area (Å²) in [6.07, 6.45) is 8.72. The van der Waals surface area contributed by atoms with Crippen LogP contribution in [-0.2, 0) is 63.8 Å². The Morgan fingerprint density at radius 1 is 0.494 bits per heavy atom. The van der Waals surface area contributed by atoms with Gasteiger partial charge >= 0.3 is 0 Å². The second-order valence-corrected chi connectivity index (χ2v) is 17.6. The first-order valence-electron chi connectivity index (χ1n) is 24.8. The van der Waals surface area contributed by atoms with Gasteiger partial charge in [0.05, 0.1) is 45.3 Å². The van der Waals surface area contributed by atoms with Gasteiger partial charge in [0.2, 0.25) is 35.2 Å². The van der Waals surface area contributed by atoms with E-state index < -0.39 is 41.4 Å². The molecule has 9 N–H and O–H groups in total. The van der Waals surface area contributed by atoms with Crippen molar-refractivity contribution < 1.29 is 52.6 Å². The predicted molar refractivity (Wildman–Crippen MR) is 277 cm³/mol. The second kappa shape index (κ2) is 29.1. The molecule has 5 aromatic rings. The number of ether oxygens (including phenoxy) is 3. The zero-order chi connectivity index (χ0) is 55.3. The minimum Gasteiger partial charge on any atom is -0.378 e. The largest absolute Gasteiger partial charge is 0.378 e. The number of nitrogens with zero attached hydrogens (tertiary/aromatic N) is 10. The third-order valence-corrected chi connectivity index (χ3v) is 11.5. The number of rotatable bonds is 30. The van der Waals surface area contributed by atoms with Gasteiger partial charge in [0.1, 0.15) is 5.69 Å². The van der Waals surface area contributed by atoms with E-state index in [4.69, 9.17) is 14.2 Å². The molecule has 30 heteroatoms. The minimum atomic E-state index is -0.692. The standard InChI is InChI=1S/C47H67N19O11/c1-61-16-14-50-39(61)46(73)54-31-26-32(62(2)27-31)43(70)51-10-7-37(68)56-34-29-65(5)42(58-34)47(74)60-35-30-64(4)41(59-35)45(72)53-11-8-38(69)55-33-28-63(3)40(57-33)44(71)52-9-6-36(67)49-15-20-75-22-24-77-25-23-76-21-19-66-17-12-48-13-18-66/h14,16,26-30,48H,6-13,15,17-25H2,1-5H3,(H,49,67)(H,51,70)(H,52,71)(H,53,72)(H,54,73)(H,55,69)(H,56,68)(H,60,74). The molecule has 1 fully saturated rings. The fourth-order valence-corrected chi connectivity index (χ4v) is 7.56. The molecular formula is C47H67N19O11. The van der Waals surface area contributed by atoms with E-state index in [-0.39, 0.29) is 91.2 Å². The van der Waals surface area contributed by atoms with Gasteiger partial charge in [0.25, 0.3) is 29.5 Å². The van der Waals surface area contributed by atoms with Crippen molar-refractivity contribution in [1.29, 1.82) is 0 Å². The number of carbonyl (C=O) groups excluding carboxylic acids is 8. The number of piperazine rings is 1. The van der Waals surface area contributed by atoms with Gasteiger partial charge in [-0.1, -0.05) is 0 Å². The van der Waals surface area contributed by atoms with E-state index in [9.17, 15) is 38.4 Å². The third kappa shape index (κ3) is 18.2. The molecule has 0 atom stereocenters. The Kier molecular flexibility index (Phi) is 21.9. The van der Waals surface area contributed by atoms with Crippen LogP contribution >= 0.6 is 0 Å². The highest BCUT2D eigenvalue weighted by Crippen LogP contribution is 2.16. The first-order chi connectivity index (χ1) is 37.0. The van der Waals surface area contributed by atoms with E-state index in [0.29, 0.717) is 51.9 Å². The summed E-state index contributed by atoms with van der Waals surface area (Å²) in [5.74, 6) is -3.82. The van der Waals surface area contributed by atoms with Crippen molar-refractivity contribution in [1.82, 2.24) is 74.3 Å². The first kappa shape index (κ1) is 57.9. The maximum absolute atomic E-state index is 13.2. The van der Waals surface area contributed by atoms with Crippen LogP contribution in [0.15, 0.2) is 43.2 Å². The topological polar surface area (TPSA) is 352 Å².